The standard InChI is InChI=1S/C19H23N2O5P/c1-5-24-19(22)18-12(4)17-14-10-13(27(23,25-6-2)26-7-3)8-9-15(14)21-16(17)11-20-18/h8-11,21H,5-7H2,1-4H3. The number of hydrogen-bond donors (Lipinski definition) is 1. The summed E-state index contributed by atoms with van der Waals surface area (Å²) in [5.74, 6) is -0.461. The number of carbonyl (C=O) groups excluding carboxylic acids is 1. The van der Waals surface area contributed by atoms with Crippen molar-refractivity contribution in [1.29, 1.82) is 0 Å². The van der Waals surface area contributed by atoms with Gasteiger partial charge in [-0.3, -0.25) is 4.57 Å². The lowest BCUT2D eigenvalue weighted by atomic mass is 10.1. The number of esters is 1. The number of H-pyrrole nitrogens is 1. The van der Waals surface area contributed by atoms with Crippen molar-refractivity contribution in [2.24, 2.45) is 0 Å². The van der Waals surface area contributed by atoms with E-state index >= 15 is 0 Å². The molecule has 0 fully saturated rings. The number of carbonyl (C=O) groups is 1. The number of ether oxygens (including phenoxy) is 1. The molecule has 8 heteroatoms. The highest BCUT2D eigenvalue weighted by Gasteiger charge is 2.27. The highest BCUT2D eigenvalue weighted by atomic mass is 31.2. The van der Waals surface area contributed by atoms with Crippen LogP contribution in [0.5, 0.6) is 0 Å². The van der Waals surface area contributed by atoms with Gasteiger partial charge in [0.25, 0.3) is 0 Å². The number of pyridine rings is 1. The maximum absolute atomic E-state index is 13.1. The van der Waals surface area contributed by atoms with Crippen molar-refractivity contribution in [3.63, 3.8) is 0 Å². The normalized spacial score (nSPS) is 12.0. The average Bonchev–Trinajstić information content (AvgIpc) is 3.01. The Morgan fingerprint density at radius 3 is 2.44 bits per heavy atom. The van der Waals surface area contributed by atoms with E-state index in [-0.39, 0.29) is 25.5 Å². The molecule has 7 nitrogen and oxygen atoms in total. The Labute approximate surface area is 157 Å². The number of hydrogen-bond acceptors (Lipinski definition) is 6. The zero-order valence-electron chi connectivity index (χ0n) is 15.9. The molecule has 0 bridgehead atoms. The fraction of sp³-hybridized carbons (Fsp3) is 0.368. The Morgan fingerprint density at radius 2 is 1.81 bits per heavy atom. The molecule has 0 saturated carbocycles. The molecule has 144 valence electrons. The van der Waals surface area contributed by atoms with E-state index in [1.54, 1.807) is 39.1 Å². The first-order valence-corrected chi connectivity index (χ1v) is 10.5. The lowest BCUT2D eigenvalue weighted by Gasteiger charge is -2.17. The van der Waals surface area contributed by atoms with Gasteiger partial charge in [-0.1, -0.05) is 0 Å². The number of aromatic nitrogens is 2. The van der Waals surface area contributed by atoms with Gasteiger partial charge in [-0.2, -0.15) is 0 Å². The molecule has 0 aliphatic heterocycles. The van der Waals surface area contributed by atoms with E-state index in [1.165, 1.54) is 0 Å². The third kappa shape index (κ3) is 3.50. The molecule has 2 aromatic heterocycles. The maximum Gasteiger partial charge on any atom is 0.361 e. The molecule has 0 aliphatic carbocycles. The van der Waals surface area contributed by atoms with Gasteiger partial charge in [-0.05, 0) is 51.5 Å². The number of rotatable bonds is 7. The smallest absolute Gasteiger partial charge is 0.361 e. The number of nitrogens with one attached hydrogen (secondary N) is 1. The van der Waals surface area contributed by atoms with Crippen LogP contribution in [0.15, 0.2) is 24.4 Å². The highest BCUT2D eigenvalue weighted by Crippen LogP contribution is 2.47. The second-order valence-electron chi connectivity index (χ2n) is 5.93. The summed E-state index contributed by atoms with van der Waals surface area (Å²) in [6.07, 6.45) is 1.61. The van der Waals surface area contributed by atoms with Crippen LogP contribution in [0.1, 0.15) is 36.8 Å². The summed E-state index contributed by atoms with van der Waals surface area (Å²) in [5.41, 5.74) is 2.61. The van der Waals surface area contributed by atoms with E-state index in [4.69, 9.17) is 13.8 Å². The van der Waals surface area contributed by atoms with Gasteiger partial charge in [-0.25, -0.2) is 9.78 Å². The van der Waals surface area contributed by atoms with Gasteiger partial charge in [0.1, 0.15) is 0 Å². The Kier molecular flexibility index (Phi) is 5.65. The van der Waals surface area contributed by atoms with Crippen molar-refractivity contribution in [2.45, 2.75) is 27.7 Å². The van der Waals surface area contributed by atoms with Gasteiger partial charge in [0.15, 0.2) is 5.69 Å². The first kappa shape index (κ1) is 19.5. The minimum absolute atomic E-state index is 0.272. The average molecular weight is 390 g/mol. The predicted molar refractivity (Wildman–Crippen MR) is 105 cm³/mol. The topological polar surface area (TPSA) is 90.5 Å². The third-order valence-corrected chi connectivity index (χ3v) is 6.35. The summed E-state index contributed by atoms with van der Waals surface area (Å²) in [6.45, 7) is 7.96. The van der Waals surface area contributed by atoms with Gasteiger partial charge in [-0.15, -0.1) is 0 Å². The lowest BCUT2D eigenvalue weighted by Crippen LogP contribution is -2.10. The minimum Gasteiger partial charge on any atom is -0.461 e. The summed E-state index contributed by atoms with van der Waals surface area (Å²) < 4.78 is 29.1. The first-order valence-electron chi connectivity index (χ1n) is 8.93. The Morgan fingerprint density at radius 1 is 1.11 bits per heavy atom. The van der Waals surface area contributed by atoms with E-state index in [1.807, 2.05) is 13.0 Å². The van der Waals surface area contributed by atoms with Crippen LogP contribution >= 0.6 is 7.60 Å². The van der Waals surface area contributed by atoms with Crippen LogP contribution in [-0.4, -0.2) is 35.8 Å². The molecule has 0 amide bonds. The second-order valence-corrected chi connectivity index (χ2v) is 7.96. The molecular formula is C19H23N2O5P. The SMILES string of the molecule is CCOC(=O)c1ncc2[nH]c3ccc(P(=O)(OCC)OCC)cc3c2c1C. The fourth-order valence-corrected chi connectivity index (χ4v) is 4.74. The molecule has 3 aromatic rings. The monoisotopic (exact) mass is 390 g/mol. The van der Waals surface area contributed by atoms with Crippen molar-refractivity contribution in [2.75, 3.05) is 19.8 Å². The molecule has 1 aromatic carbocycles. The Hall–Kier alpha value is -2.21. The van der Waals surface area contributed by atoms with E-state index in [0.29, 0.717) is 10.9 Å². The summed E-state index contributed by atoms with van der Waals surface area (Å²) in [6, 6.07) is 5.36. The molecule has 1 N–H and O–H groups in total. The molecule has 0 saturated heterocycles. The number of aryl methyl sites for hydroxylation is 1. The molecular weight excluding hydrogens is 367 g/mol. The van der Waals surface area contributed by atoms with E-state index in [2.05, 4.69) is 9.97 Å². The third-order valence-electron chi connectivity index (χ3n) is 4.25. The van der Waals surface area contributed by atoms with Crippen molar-refractivity contribution in [3.8, 4) is 0 Å². The Bertz CT molecular complexity index is 1030. The van der Waals surface area contributed by atoms with Gasteiger partial charge in [0, 0.05) is 16.3 Å². The fourth-order valence-electron chi connectivity index (χ4n) is 3.15. The van der Waals surface area contributed by atoms with E-state index in [0.717, 1.165) is 21.8 Å². The minimum atomic E-state index is -3.41. The van der Waals surface area contributed by atoms with Crippen LogP contribution in [0.2, 0.25) is 0 Å². The largest absolute Gasteiger partial charge is 0.461 e. The van der Waals surface area contributed by atoms with Crippen LogP contribution < -0.4 is 5.30 Å². The second kappa shape index (κ2) is 7.80. The molecule has 27 heavy (non-hydrogen) atoms. The van der Waals surface area contributed by atoms with Crippen LogP contribution in [0.4, 0.5) is 0 Å². The molecule has 0 unspecified atom stereocenters. The van der Waals surface area contributed by atoms with Gasteiger partial charge in [0.05, 0.1) is 36.8 Å². The zero-order chi connectivity index (χ0) is 19.6. The number of aromatic amines is 1. The molecule has 0 atom stereocenters. The van der Waals surface area contributed by atoms with Crippen molar-refractivity contribution in [3.05, 3.63) is 35.7 Å². The Balaban J connectivity index is 2.23. The molecule has 2 heterocycles. The van der Waals surface area contributed by atoms with Gasteiger partial charge in [0.2, 0.25) is 0 Å². The summed E-state index contributed by atoms with van der Waals surface area (Å²) >= 11 is 0. The summed E-state index contributed by atoms with van der Waals surface area (Å²) in [7, 11) is -3.41. The van der Waals surface area contributed by atoms with Gasteiger partial charge >= 0.3 is 13.6 Å². The summed E-state index contributed by atoms with van der Waals surface area (Å²) in [5, 5.41) is 2.14. The quantitative estimate of drug-likeness (QED) is 0.483. The van der Waals surface area contributed by atoms with E-state index < -0.39 is 13.6 Å². The van der Waals surface area contributed by atoms with Crippen LogP contribution in [0, 0.1) is 6.92 Å². The van der Waals surface area contributed by atoms with Crippen molar-refractivity contribution in [1.82, 2.24) is 9.97 Å². The van der Waals surface area contributed by atoms with Crippen molar-refractivity contribution < 1.29 is 23.1 Å². The van der Waals surface area contributed by atoms with Crippen LogP contribution in [-0.2, 0) is 18.3 Å². The molecule has 0 aliphatic rings. The molecule has 0 radical (unpaired) electrons. The number of nitrogens with zero attached hydrogens (tertiary/aromatic N) is 1. The predicted octanol–water partition coefficient (Wildman–Crippen LogP) is 4.09. The molecule has 0 spiro atoms. The lowest BCUT2D eigenvalue weighted by molar-refractivity contribution is 0.0519. The van der Waals surface area contributed by atoms with Crippen LogP contribution in [0.3, 0.4) is 0 Å². The van der Waals surface area contributed by atoms with Crippen LogP contribution in [0.25, 0.3) is 21.8 Å². The summed E-state index contributed by atoms with van der Waals surface area (Å²) in [4.78, 5) is 19.7. The van der Waals surface area contributed by atoms with Crippen molar-refractivity contribution >= 4 is 40.7 Å². The van der Waals surface area contributed by atoms with Gasteiger partial charge < -0.3 is 18.8 Å². The number of fused-ring (bicyclic) bond motifs is 3. The first-order chi connectivity index (χ1) is 12.9. The highest BCUT2D eigenvalue weighted by molar-refractivity contribution is 7.62. The van der Waals surface area contributed by atoms with E-state index in [9.17, 15) is 9.36 Å². The zero-order valence-corrected chi connectivity index (χ0v) is 16.8. The number of benzene rings is 1. The molecule has 3 rings (SSSR count). The maximum atomic E-state index is 13.1.